The minimum atomic E-state index is 0.00941. The normalized spacial score (nSPS) is 18.7. The van der Waals surface area contributed by atoms with E-state index in [-0.39, 0.29) is 12.5 Å². The maximum atomic E-state index is 12.2. The molecule has 1 saturated heterocycles. The van der Waals surface area contributed by atoms with E-state index in [0.717, 1.165) is 31.8 Å². The van der Waals surface area contributed by atoms with Crippen LogP contribution in [0.3, 0.4) is 0 Å². The molecule has 0 N–H and O–H groups in total. The Morgan fingerprint density at radius 2 is 2.19 bits per heavy atom. The van der Waals surface area contributed by atoms with Crippen LogP contribution in [0.25, 0.3) is 0 Å². The van der Waals surface area contributed by atoms with Crippen molar-refractivity contribution in [1.29, 1.82) is 5.26 Å². The Balaban J connectivity index is 1.88. The topological polar surface area (TPSA) is 53.3 Å². The van der Waals surface area contributed by atoms with Crippen LogP contribution in [0.1, 0.15) is 38.2 Å². The molecule has 1 aromatic rings. The summed E-state index contributed by atoms with van der Waals surface area (Å²) in [6.07, 6.45) is 4.54. The molecular formula is C17H22N2O2. The molecule has 0 radical (unpaired) electrons. The average molecular weight is 286 g/mol. The predicted molar refractivity (Wildman–Crippen MR) is 80.9 cm³/mol. The Morgan fingerprint density at radius 1 is 1.38 bits per heavy atom. The van der Waals surface area contributed by atoms with Crippen molar-refractivity contribution in [2.75, 3.05) is 19.7 Å². The summed E-state index contributed by atoms with van der Waals surface area (Å²) in [6, 6.07) is 9.08. The van der Waals surface area contributed by atoms with Crippen LogP contribution in [0.4, 0.5) is 0 Å². The zero-order valence-corrected chi connectivity index (χ0v) is 12.5. The Bertz CT molecular complexity index is 522. The van der Waals surface area contributed by atoms with Gasteiger partial charge in [-0.1, -0.05) is 25.5 Å². The van der Waals surface area contributed by atoms with E-state index in [4.69, 9.17) is 10.00 Å². The molecule has 0 spiro atoms. The first-order chi connectivity index (χ1) is 10.2. The third kappa shape index (κ3) is 4.22. The summed E-state index contributed by atoms with van der Waals surface area (Å²) in [5.74, 6) is 1.23. The van der Waals surface area contributed by atoms with Gasteiger partial charge in [-0.05, 0) is 37.3 Å². The van der Waals surface area contributed by atoms with E-state index in [2.05, 4.69) is 13.0 Å². The van der Waals surface area contributed by atoms with E-state index in [1.165, 1.54) is 12.8 Å². The van der Waals surface area contributed by atoms with Gasteiger partial charge in [-0.3, -0.25) is 4.79 Å². The summed E-state index contributed by atoms with van der Waals surface area (Å²) < 4.78 is 5.52. The Hall–Kier alpha value is -2.02. The van der Waals surface area contributed by atoms with Gasteiger partial charge >= 0.3 is 0 Å². The number of hydrogen-bond acceptors (Lipinski definition) is 3. The number of nitrogens with zero attached hydrogens (tertiary/aromatic N) is 2. The van der Waals surface area contributed by atoms with E-state index >= 15 is 0 Å². The van der Waals surface area contributed by atoms with Crippen molar-refractivity contribution in [2.24, 2.45) is 5.92 Å². The Morgan fingerprint density at radius 3 is 2.95 bits per heavy atom. The molecule has 4 nitrogen and oxygen atoms in total. The minimum absolute atomic E-state index is 0.00941. The minimum Gasteiger partial charge on any atom is -0.482 e. The summed E-state index contributed by atoms with van der Waals surface area (Å²) in [5.41, 5.74) is 0.465. The molecule has 4 heteroatoms. The molecule has 1 heterocycles. The second-order valence-electron chi connectivity index (χ2n) is 5.48. The number of amides is 1. The van der Waals surface area contributed by atoms with Gasteiger partial charge in [0.05, 0.1) is 5.56 Å². The number of hydrogen-bond donors (Lipinski definition) is 0. The second-order valence-corrected chi connectivity index (χ2v) is 5.48. The van der Waals surface area contributed by atoms with Gasteiger partial charge in [0.1, 0.15) is 11.8 Å². The average Bonchev–Trinajstić information content (AvgIpc) is 2.78. The third-order valence-corrected chi connectivity index (χ3v) is 4.14. The predicted octanol–water partition coefficient (Wildman–Crippen LogP) is 2.98. The molecular weight excluding hydrogens is 264 g/mol. The number of para-hydroxylation sites is 1. The number of carbonyl (C=O) groups is 1. The van der Waals surface area contributed by atoms with Crippen LogP contribution in [0.2, 0.25) is 0 Å². The van der Waals surface area contributed by atoms with Crippen LogP contribution < -0.4 is 4.74 Å². The molecule has 0 bridgehead atoms. The number of carbonyl (C=O) groups excluding carboxylic acids is 1. The van der Waals surface area contributed by atoms with Gasteiger partial charge in [-0.25, -0.2) is 0 Å². The molecule has 1 aromatic carbocycles. The molecule has 1 aliphatic heterocycles. The van der Waals surface area contributed by atoms with E-state index in [1.54, 1.807) is 24.3 Å². The maximum Gasteiger partial charge on any atom is 0.260 e. The molecule has 2 rings (SSSR count). The molecule has 0 saturated carbocycles. The highest BCUT2D eigenvalue weighted by Gasteiger charge is 2.20. The molecule has 112 valence electrons. The largest absolute Gasteiger partial charge is 0.482 e. The van der Waals surface area contributed by atoms with Crippen molar-refractivity contribution in [3.63, 3.8) is 0 Å². The fourth-order valence-electron chi connectivity index (χ4n) is 2.74. The van der Waals surface area contributed by atoms with Crippen LogP contribution in [0, 0.1) is 17.2 Å². The lowest BCUT2D eigenvalue weighted by Gasteiger charge is -2.20. The van der Waals surface area contributed by atoms with Gasteiger partial charge in [0.2, 0.25) is 0 Å². The highest BCUT2D eigenvalue weighted by molar-refractivity contribution is 5.77. The quantitative estimate of drug-likeness (QED) is 0.855. The van der Waals surface area contributed by atoms with Crippen molar-refractivity contribution in [1.82, 2.24) is 4.90 Å². The molecule has 1 atom stereocenters. The van der Waals surface area contributed by atoms with E-state index in [9.17, 15) is 4.79 Å². The summed E-state index contributed by atoms with van der Waals surface area (Å²) in [5, 5.41) is 9.00. The molecule has 0 aromatic heterocycles. The fraction of sp³-hybridized carbons (Fsp3) is 0.529. The second kappa shape index (κ2) is 7.68. The van der Waals surface area contributed by atoms with Crippen LogP contribution in [0.15, 0.2) is 24.3 Å². The number of nitriles is 1. The van der Waals surface area contributed by atoms with Crippen LogP contribution >= 0.6 is 0 Å². The van der Waals surface area contributed by atoms with Crippen molar-refractivity contribution < 1.29 is 9.53 Å². The molecule has 1 fully saturated rings. The first-order valence-corrected chi connectivity index (χ1v) is 7.64. The zero-order valence-electron chi connectivity index (χ0n) is 12.5. The van der Waals surface area contributed by atoms with Crippen LogP contribution in [-0.4, -0.2) is 30.5 Å². The summed E-state index contributed by atoms with van der Waals surface area (Å²) in [7, 11) is 0. The van der Waals surface area contributed by atoms with E-state index in [1.807, 2.05) is 4.90 Å². The number of benzene rings is 1. The summed E-state index contributed by atoms with van der Waals surface area (Å²) >= 11 is 0. The first kappa shape index (κ1) is 15.4. The van der Waals surface area contributed by atoms with Gasteiger partial charge in [0, 0.05) is 13.1 Å². The first-order valence-electron chi connectivity index (χ1n) is 7.64. The summed E-state index contributed by atoms with van der Waals surface area (Å²) in [4.78, 5) is 14.1. The third-order valence-electron chi connectivity index (χ3n) is 4.14. The van der Waals surface area contributed by atoms with Gasteiger partial charge < -0.3 is 9.64 Å². The van der Waals surface area contributed by atoms with E-state index < -0.39 is 0 Å². The van der Waals surface area contributed by atoms with Crippen molar-refractivity contribution in [2.45, 2.75) is 32.6 Å². The molecule has 0 aliphatic carbocycles. The van der Waals surface area contributed by atoms with Crippen LogP contribution in [0.5, 0.6) is 5.75 Å². The summed E-state index contributed by atoms with van der Waals surface area (Å²) in [6.45, 7) is 3.86. The van der Waals surface area contributed by atoms with E-state index in [0.29, 0.717) is 11.3 Å². The lowest BCUT2D eigenvalue weighted by Crippen LogP contribution is -2.35. The standard InChI is InChI=1S/C17H22N2O2/c1-2-14-6-5-10-19(11-9-14)17(20)13-21-16-8-4-3-7-15(16)12-18/h3-4,7-8,14H,2,5-6,9-11,13H2,1H3. The fourth-order valence-corrected chi connectivity index (χ4v) is 2.74. The van der Waals surface area contributed by atoms with Crippen LogP contribution in [-0.2, 0) is 4.79 Å². The van der Waals surface area contributed by atoms with Crippen molar-refractivity contribution in [3.8, 4) is 11.8 Å². The highest BCUT2D eigenvalue weighted by atomic mass is 16.5. The van der Waals surface area contributed by atoms with Crippen molar-refractivity contribution >= 4 is 5.91 Å². The molecule has 1 aliphatic rings. The molecule has 1 unspecified atom stereocenters. The van der Waals surface area contributed by atoms with Gasteiger partial charge in [0.25, 0.3) is 5.91 Å². The van der Waals surface area contributed by atoms with Gasteiger partial charge in [-0.2, -0.15) is 5.26 Å². The highest BCUT2D eigenvalue weighted by Crippen LogP contribution is 2.21. The van der Waals surface area contributed by atoms with Gasteiger partial charge in [-0.15, -0.1) is 0 Å². The number of ether oxygens (including phenoxy) is 1. The maximum absolute atomic E-state index is 12.2. The zero-order chi connectivity index (χ0) is 15.1. The Kier molecular flexibility index (Phi) is 5.62. The molecule has 21 heavy (non-hydrogen) atoms. The van der Waals surface area contributed by atoms with Gasteiger partial charge in [0.15, 0.2) is 6.61 Å². The number of likely N-dealkylation sites (tertiary alicyclic amines) is 1. The lowest BCUT2D eigenvalue weighted by atomic mass is 9.98. The SMILES string of the molecule is CCC1CCCN(C(=O)COc2ccccc2C#N)CC1. The molecule has 1 amide bonds. The monoisotopic (exact) mass is 286 g/mol. The van der Waals surface area contributed by atoms with Crippen molar-refractivity contribution in [3.05, 3.63) is 29.8 Å². The lowest BCUT2D eigenvalue weighted by molar-refractivity contribution is -0.133. The number of rotatable bonds is 4. The smallest absolute Gasteiger partial charge is 0.260 e. The Labute approximate surface area is 126 Å².